The van der Waals surface area contributed by atoms with E-state index in [1.54, 1.807) is 6.07 Å². The van der Waals surface area contributed by atoms with Gasteiger partial charge in [0.1, 0.15) is 6.73 Å². The highest BCUT2D eigenvalue weighted by Gasteiger charge is 2.08. The van der Waals surface area contributed by atoms with Crippen molar-refractivity contribution in [2.24, 2.45) is 0 Å². The van der Waals surface area contributed by atoms with E-state index in [4.69, 9.17) is 9.15 Å². The molecule has 0 saturated carbocycles. The van der Waals surface area contributed by atoms with Crippen molar-refractivity contribution in [2.75, 3.05) is 7.11 Å². The number of halogens is 1. The molecule has 74 valence electrons. The normalized spacial score (nSPS) is 11.0. The van der Waals surface area contributed by atoms with Crippen LogP contribution in [0.3, 0.4) is 0 Å². The van der Waals surface area contributed by atoms with Crippen LogP contribution in [0.25, 0.3) is 11.1 Å². The van der Waals surface area contributed by atoms with Crippen LogP contribution >= 0.6 is 15.9 Å². The number of hydrogen-bond donors (Lipinski definition) is 0. The topological polar surface area (TPSA) is 44.4 Å². The van der Waals surface area contributed by atoms with Gasteiger partial charge in [-0.3, -0.25) is 0 Å². The molecule has 14 heavy (non-hydrogen) atoms. The summed E-state index contributed by atoms with van der Waals surface area (Å²) in [5, 5.41) is 0. The predicted molar refractivity (Wildman–Crippen MR) is 55.2 cm³/mol. The van der Waals surface area contributed by atoms with Crippen LogP contribution in [0.5, 0.6) is 0 Å². The minimum atomic E-state index is -0.403. The molecule has 1 heterocycles. The molecule has 0 atom stereocenters. The molecule has 4 nitrogen and oxygen atoms in total. The second-order valence-corrected chi connectivity index (χ2v) is 3.74. The Kier molecular flexibility index (Phi) is 2.43. The number of fused-ring (bicyclic) bond motifs is 1. The van der Waals surface area contributed by atoms with Crippen LogP contribution in [0.4, 0.5) is 0 Å². The first-order valence-electron chi connectivity index (χ1n) is 4.00. The lowest BCUT2D eigenvalue weighted by atomic mass is 10.3. The van der Waals surface area contributed by atoms with Gasteiger partial charge in [0.2, 0.25) is 0 Å². The van der Waals surface area contributed by atoms with E-state index in [0.29, 0.717) is 5.58 Å². The van der Waals surface area contributed by atoms with E-state index in [1.165, 1.54) is 11.7 Å². The molecular weight excluding hydrogens is 250 g/mol. The number of rotatable bonds is 2. The standard InChI is InChI=1S/C9H8BrNO3/c1-13-5-11-7-4-6(10)2-3-8(7)14-9(11)12/h2-4H,5H2,1H3. The molecule has 0 fully saturated rings. The average Bonchev–Trinajstić information content (AvgIpc) is 2.45. The highest BCUT2D eigenvalue weighted by atomic mass is 79.9. The Balaban J connectivity index is 2.73. The predicted octanol–water partition coefficient (Wildman–Crippen LogP) is 1.96. The zero-order valence-electron chi connectivity index (χ0n) is 7.49. The molecule has 0 amide bonds. The zero-order valence-corrected chi connectivity index (χ0v) is 9.08. The highest BCUT2D eigenvalue weighted by molar-refractivity contribution is 9.10. The summed E-state index contributed by atoms with van der Waals surface area (Å²) in [4.78, 5) is 11.3. The first-order chi connectivity index (χ1) is 6.72. The Morgan fingerprint density at radius 3 is 3.07 bits per heavy atom. The van der Waals surface area contributed by atoms with Crippen LogP contribution in [0.15, 0.2) is 31.9 Å². The Hall–Kier alpha value is -1.07. The quantitative estimate of drug-likeness (QED) is 0.827. The van der Waals surface area contributed by atoms with E-state index in [1.807, 2.05) is 12.1 Å². The molecule has 0 bridgehead atoms. The van der Waals surface area contributed by atoms with Gasteiger partial charge in [-0.1, -0.05) is 15.9 Å². The summed E-state index contributed by atoms with van der Waals surface area (Å²) >= 11 is 3.33. The first kappa shape index (κ1) is 9.48. The Morgan fingerprint density at radius 1 is 1.57 bits per heavy atom. The van der Waals surface area contributed by atoms with Crippen LogP contribution in [0.1, 0.15) is 0 Å². The number of benzene rings is 1. The number of nitrogens with zero attached hydrogens (tertiary/aromatic N) is 1. The first-order valence-corrected chi connectivity index (χ1v) is 4.79. The summed E-state index contributed by atoms with van der Waals surface area (Å²) < 4.78 is 12.2. The van der Waals surface area contributed by atoms with E-state index < -0.39 is 5.76 Å². The molecule has 0 N–H and O–H groups in total. The van der Waals surface area contributed by atoms with E-state index >= 15 is 0 Å². The number of hydrogen-bond acceptors (Lipinski definition) is 3. The lowest BCUT2D eigenvalue weighted by Crippen LogP contribution is -2.14. The maximum Gasteiger partial charge on any atom is 0.421 e. The summed E-state index contributed by atoms with van der Waals surface area (Å²) in [5.74, 6) is -0.403. The molecule has 0 aliphatic carbocycles. The molecule has 1 aromatic heterocycles. The van der Waals surface area contributed by atoms with E-state index in [9.17, 15) is 4.79 Å². The van der Waals surface area contributed by atoms with Crippen LogP contribution in [0.2, 0.25) is 0 Å². The van der Waals surface area contributed by atoms with E-state index in [0.717, 1.165) is 9.99 Å². The van der Waals surface area contributed by atoms with Gasteiger partial charge in [0.05, 0.1) is 5.52 Å². The fourth-order valence-electron chi connectivity index (χ4n) is 1.29. The summed E-state index contributed by atoms with van der Waals surface area (Å²) in [6.45, 7) is 0.197. The van der Waals surface area contributed by atoms with Crippen molar-refractivity contribution in [3.63, 3.8) is 0 Å². The van der Waals surface area contributed by atoms with Crippen molar-refractivity contribution in [3.05, 3.63) is 33.2 Å². The summed E-state index contributed by atoms with van der Waals surface area (Å²) in [5.41, 5.74) is 1.29. The summed E-state index contributed by atoms with van der Waals surface area (Å²) in [6, 6.07) is 5.38. The zero-order chi connectivity index (χ0) is 10.1. The molecule has 0 aliphatic heterocycles. The van der Waals surface area contributed by atoms with Crippen LogP contribution in [-0.2, 0) is 11.5 Å². The second kappa shape index (κ2) is 3.59. The molecule has 2 aromatic rings. The van der Waals surface area contributed by atoms with Gasteiger partial charge in [0.15, 0.2) is 5.58 Å². The Labute approximate surface area is 88.2 Å². The minimum Gasteiger partial charge on any atom is -0.408 e. The SMILES string of the molecule is COCn1c(=O)oc2ccc(Br)cc21. The van der Waals surface area contributed by atoms with Gasteiger partial charge in [0, 0.05) is 11.6 Å². The van der Waals surface area contributed by atoms with Gasteiger partial charge in [-0.2, -0.15) is 0 Å². The average molecular weight is 258 g/mol. The van der Waals surface area contributed by atoms with Gasteiger partial charge in [-0.15, -0.1) is 0 Å². The number of aromatic nitrogens is 1. The molecule has 1 aromatic carbocycles. The van der Waals surface area contributed by atoms with Gasteiger partial charge in [-0.25, -0.2) is 9.36 Å². The summed E-state index contributed by atoms with van der Waals surface area (Å²) in [6.07, 6.45) is 0. The van der Waals surface area contributed by atoms with E-state index in [2.05, 4.69) is 15.9 Å². The number of oxazole rings is 1. The van der Waals surface area contributed by atoms with Gasteiger partial charge in [0.25, 0.3) is 0 Å². The number of ether oxygens (including phenoxy) is 1. The molecule has 0 saturated heterocycles. The van der Waals surface area contributed by atoms with Crippen LogP contribution < -0.4 is 5.76 Å². The minimum absolute atomic E-state index is 0.197. The molecule has 0 unspecified atom stereocenters. The molecule has 0 aliphatic rings. The second-order valence-electron chi connectivity index (χ2n) is 2.83. The number of methoxy groups -OCH3 is 1. The third-order valence-electron chi connectivity index (χ3n) is 1.89. The molecule has 2 rings (SSSR count). The summed E-state index contributed by atoms with van der Waals surface area (Å²) in [7, 11) is 1.53. The lowest BCUT2D eigenvalue weighted by molar-refractivity contribution is 0.128. The van der Waals surface area contributed by atoms with Crippen LogP contribution in [0, 0.1) is 0 Å². The maximum atomic E-state index is 11.3. The lowest BCUT2D eigenvalue weighted by Gasteiger charge is -1.98. The fraction of sp³-hybridized carbons (Fsp3) is 0.222. The molecule has 0 radical (unpaired) electrons. The largest absolute Gasteiger partial charge is 0.421 e. The van der Waals surface area contributed by atoms with Crippen LogP contribution in [-0.4, -0.2) is 11.7 Å². The third kappa shape index (κ3) is 1.49. The van der Waals surface area contributed by atoms with Gasteiger partial charge in [-0.05, 0) is 18.2 Å². The Bertz CT molecular complexity index is 514. The van der Waals surface area contributed by atoms with Crippen molar-refractivity contribution in [1.29, 1.82) is 0 Å². The molecular formula is C9H8BrNO3. The van der Waals surface area contributed by atoms with Gasteiger partial charge < -0.3 is 9.15 Å². The molecule has 5 heteroatoms. The van der Waals surface area contributed by atoms with E-state index in [-0.39, 0.29) is 6.73 Å². The smallest absolute Gasteiger partial charge is 0.408 e. The van der Waals surface area contributed by atoms with Crippen molar-refractivity contribution in [1.82, 2.24) is 4.57 Å². The van der Waals surface area contributed by atoms with Crippen molar-refractivity contribution in [2.45, 2.75) is 6.73 Å². The maximum absolute atomic E-state index is 11.3. The molecule has 0 spiro atoms. The van der Waals surface area contributed by atoms with Gasteiger partial charge >= 0.3 is 5.76 Å². The Morgan fingerprint density at radius 2 is 2.36 bits per heavy atom. The third-order valence-corrected chi connectivity index (χ3v) is 2.38. The highest BCUT2D eigenvalue weighted by Crippen LogP contribution is 2.18. The van der Waals surface area contributed by atoms with Crippen molar-refractivity contribution < 1.29 is 9.15 Å². The van der Waals surface area contributed by atoms with Crippen molar-refractivity contribution in [3.8, 4) is 0 Å². The fourth-order valence-corrected chi connectivity index (χ4v) is 1.64. The van der Waals surface area contributed by atoms with Crippen molar-refractivity contribution >= 4 is 27.0 Å². The monoisotopic (exact) mass is 257 g/mol.